The van der Waals surface area contributed by atoms with Crippen LogP contribution in [0.15, 0.2) is 23.2 Å². The molecule has 0 spiro atoms. The molecule has 1 fully saturated rings. The fourth-order valence-electron chi connectivity index (χ4n) is 1.90. The highest BCUT2D eigenvalue weighted by atomic mass is 32.2. The van der Waals surface area contributed by atoms with Gasteiger partial charge in [-0.25, -0.2) is 13.4 Å². The SMILES string of the molecule is CCCNc1ncccc1S(=O)(=O)N1CCSCC1. The van der Waals surface area contributed by atoms with E-state index in [-0.39, 0.29) is 4.90 Å². The van der Waals surface area contributed by atoms with Gasteiger partial charge >= 0.3 is 0 Å². The fraction of sp³-hybridized carbons (Fsp3) is 0.583. The molecule has 7 heteroatoms. The highest BCUT2D eigenvalue weighted by molar-refractivity contribution is 7.99. The normalized spacial score (nSPS) is 17.3. The van der Waals surface area contributed by atoms with E-state index >= 15 is 0 Å². The maximum Gasteiger partial charge on any atom is 0.246 e. The fourth-order valence-corrected chi connectivity index (χ4v) is 4.60. The number of aromatic nitrogens is 1. The van der Waals surface area contributed by atoms with Gasteiger partial charge in [0.05, 0.1) is 0 Å². The number of thioether (sulfide) groups is 1. The lowest BCUT2D eigenvalue weighted by Gasteiger charge is -2.26. The summed E-state index contributed by atoms with van der Waals surface area (Å²) in [6, 6.07) is 3.30. The van der Waals surface area contributed by atoms with E-state index in [0.29, 0.717) is 18.9 Å². The topological polar surface area (TPSA) is 62.3 Å². The van der Waals surface area contributed by atoms with Gasteiger partial charge in [-0.2, -0.15) is 16.1 Å². The van der Waals surface area contributed by atoms with Crippen molar-refractivity contribution in [2.45, 2.75) is 18.2 Å². The first-order chi connectivity index (χ1) is 9.16. The van der Waals surface area contributed by atoms with Crippen molar-refractivity contribution >= 4 is 27.6 Å². The molecule has 1 aromatic rings. The minimum atomic E-state index is -3.43. The van der Waals surface area contributed by atoms with Crippen molar-refractivity contribution in [3.8, 4) is 0 Å². The van der Waals surface area contributed by atoms with Crippen LogP contribution in [0.1, 0.15) is 13.3 Å². The summed E-state index contributed by atoms with van der Waals surface area (Å²) in [4.78, 5) is 4.44. The molecule has 0 aliphatic carbocycles. The maximum atomic E-state index is 12.6. The van der Waals surface area contributed by atoms with Gasteiger partial charge in [-0.3, -0.25) is 0 Å². The van der Waals surface area contributed by atoms with Crippen molar-refractivity contribution in [3.05, 3.63) is 18.3 Å². The lowest BCUT2D eigenvalue weighted by molar-refractivity contribution is 0.443. The molecule has 1 saturated heterocycles. The summed E-state index contributed by atoms with van der Waals surface area (Å²) >= 11 is 1.79. The van der Waals surface area contributed by atoms with Crippen molar-refractivity contribution in [1.29, 1.82) is 0 Å². The van der Waals surface area contributed by atoms with Gasteiger partial charge in [0.15, 0.2) is 0 Å². The Morgan fingerprint density at radius 2 is 2.16 bits per heavy atom. The number of rotatable bonds is 5. The third-order valence-corrected chi connectivity index (χ3v) is 5.77. The van der Waals surface area contributed by atoms with E-state index in [1.807, 2.05) is 6.92 Å². The number of hydrogen-bond acceptors (Lipinski definition) is 5. The Balaban J connectivity index is 2.28. The van der Waals surface area contributed by atoms with Crippen LogP contribution >= 0.6 is 11.8 Å². The third-order valence-electron chi connectivity index (χ3n) is 2.90. The minimum Gasteiger partial charge on any atom is -0.369 e. The van der Waals surface area contributed by atoms with Crippen LogP contribution in [0.2, 0.25) is 0 Å². The first kappa shape index (κ1) is 14.6. The number of anilines is 1. The van der Waals surface area contributed by atoms with Gasteiger partial charge in [0.25, 0.3) is 0 Å². The second kappa shape index (κ2) is 6.58. The van der Waals surface area contributed by atoms with Crippen LogP contribution < -0.4 is 5.32 Å². The molecule has 0 atom stereocenters. The molecule has 106 valence electrons. The first-order valence-corrected chi connectivity index (χ1v) is 9.02. The van der Waals surface area contributed by atoms with Gasteiger partial charge in [0.1, 0.15) is 10.7 Å². The smallest absolute Gasteiger partial charge is 0.246 e. The van der Waals surface area contributed by atoms with Crippen LogP contribution in [0.25, 0.3) is 0 Å². The van der Waals surface area contributed by atoms with Gasteiger partial charge in [0.2, 0.25) is 10.0 Å². The molecule has 2 heterocycles. The summed E-state index contributed by atoms with van der Waals surface area (Å²) in [5, 5.41) is 3.09. The molecule has 19 heavy (non-hydrogen) atoms. The van der Waals surface area contributed by atoms with E-state index in [1.165, 1.54) is 0 Å². The van der Waals surface area contributed by atoms with Crippen LogP contribution in [0, 0.1) is 0 Å². The molecule has 1 N–H and O–H groups in total. The Bertz CT molecular complexity index is 513. The molecule has 0 aromatic carbocycles. The van der Waals surface area contributed by atoms with E-state index in [2.05, 4.69) is 10.3 Å². The molecule has 0 unspecified atom stereocenters. The van der Waals surface area contributed by atoms with Crippen LogP contribution in [0.3, 0.4) is 0 Å². The molecule has 5 nitrogen and oxygen atoms in total. The van der Waals surface area contributed by atoms with Crippen LogP contribution in [-0.4, -0.2) is 48.8 Å². The second-order valence-electron chi connectivity index (χ2n) is 4.29. The predicted molar refractivity (Wildman–Crippen MR) is 79.1 cm³/mol. The van der Waals surface area contributed by atoms with E-state index in [1.54, 1.807) is 34.4 Å². The monoisotopic (exact) mass is 301 g/mol. The van der Waals surface area contributed by atoms with E-state index in [0.717, 1.165) is 24.5 Å². The molecular weight excluding hydrogens is 282 g/mol. The standard InChI is InChI=1S/C12H19N3O2S2/c1-2-5-13-12-11(4-3-6-14-12)19(16,17)15-7-9-18-10-8-15/h3-4,6H,2,5,7-10H2,1H3,(H,13,14). The van der Waals surface area contributed by atoms with E-state index in [9.17, 15) is 8.42 Å². The van der Waals surface area contributed by atoms with Crippen molar-refractivity contribution in [1.82, 2.24) is 9.29 Å². The van der Waals surface area contributed by atoms with E-state index < -0.39 is 10.0 Å². The molecule has 0 radical (unpaired) electrons. The van der Waals surface area contributed by atoms with Crippen molar-refractivity contribution in [3.63, 3.8) is 0 Å². The van der Waals surface area contributed by atoms with Gasteiger partial charge in [-0.1, -0.05) is 6.92 Å². The number of nitrogens with zero attached hydrogens (tertiary/aromatic N) is 2. The summed E-state index contributed by atoms with van der Waals surface area (Å²) in [7, 11) is -3.43. The lowest BCUT2D eigenvalue weighted by Crippen LogP contribution is -2.38. The zero-order chi connectivity index (χ0) is 13.7. The Hall–Kier alpha value is -0.790. The number of pyridine rings is 1. The lowest BCUT2D eigenvalue weighted by atomic mass is 10.4. The van der Waals surface area contributed by atoms with Crippen molar-refractivity contribution in [2.24, 2.45) is 0 Å². The van der Waals surface area contributed by atoms with E-state index in [4.69, 9.17) is 0 Å². The second-order valence-corrected chi connectivity index (χ2v) is 7.42. The molecule has 1 aliphatic rings. The first-order valence-electron chi connectivity index (χ1n) is 6.43. The Morgan fingerprint density at radius 3 is 2.84 bits per heavy atom. The molecule has 0 bridgehead atoms. The number of sulfonamides is 1. The Labute approximate surface area is 118 Å². The minimum absolute atomic E-state index is 0.287. The molecule has 1 aromatic heterocycles. The Kier molecular flexibility index (Phi) is 5.06. The van der Waals surface area contributed by atoms with Crippen molar-refractivity contribution < 1.29 is 8.42 Å². The largest absolute Gasteiger partial charge is 0.369 e. The molecule has 1 aliphatic heterocycles. The molecular formula is C12H19N3O2S2. The zero-order valence-corrected chi connectivity index (χ0v) is 12.6. The predicted octanol–water partition coefficient (Wildman–Crippen LogP) is 1.64. The molecule has 0 amide bonds. The third kappa shape index (κ3) is 3.40. The molecule has 2 rings (SSSR count). The highest BCUT2D eigenvalue weighted by Gasteiger charge is 2.28. The van der Waals surface area contributed by atoms with Gasteiger partial charge in [-0.05, 0) is 18.6 Å². The van der Waals surface area contributed by atoms with Gasteiger partial charge < -0.3 is 5.32 Å². The van der Waals surface area contributed by atoms with Crippen molar-refractivity contribution in [2.75, 3.05) is 36.5 Å². The quantitative estimate of drug-likeness (QED) is 0.896. The summed E-state index contributed by atoms with van der Waals surface area (Å²) in [6.45, 7) is 3.91. The zero-order valence-electron chi connectivity index (χ0n) is 11.0. The maximum absolute atomic E-state index is 12.6. The average Bonchev–Trinajstić information content (AvgIpc) is 2.46. The number of nitrogens with one attached hydrogen (secondary N) is 1. The Morgan fingerprint density at radius 1 is 1.42 bits per heavy atom. The summed E-state index contributed by atoms with van der Waals surface area (Å²) in [6.07, 6.45) is 2.54. The highest BCUT2D eigenvalue weighted by Crippen LogP contribution is 2.24. The average molecular weight is 301 g/mol. The summed E-state index contributed by atoms with van der Waals surface area (Å²) in [5.41, 5.74) is 0. The van der Waals surface area contributed by atoms with Gasteiger partial charge in [0, 0.05) is 37.3 Å². The number of hydrogen-bond donors (Lipinski definition) is 1. The summed E-state index contributed by atoms with van der Waals surface area (Å²) in [5.74, 6) is 2.18. The van der Waals surface area contributed by atoms with Gasteiger partial charge in [-0.15, -0.1) is 0 Å². The van der Waals surface area contributed by atoms with Crippen LogP contribution in [0.4, 0.5) is 5.82 Å². The summed E-state index contributed by atoms with van der Waals surface area (Å²) < 4.78 is 26.8. The molecule has 0 saturated carbocycles. The van der Waals surface area contributed by atoms with Crippen LogP contribution in [0.5, 0.6) is 0 Å². The van der Waals surface area contributed by atoms with Crippen LogP contribution in [-0.2, 0) is 10.0 Å².